The SMILES string of the molecule is CC(C)NC(=O)CCN=C(N)N1CCSCC1. The minimum absolute atomic E-state index is 0.0331. The largest absolute Gasteiger partial charge is 0.370 e. The standard InChI is InChI=1S/C11H22N4OS/c1-9(2)14-10(16)3-4-13-11(12)15-5-7-17-8-6-15/h9H,3-8H2,1-2H3,(H2,12,13)(H,14,16). The van der Waals surface area contributed by atoms with Gasteiger partial charge in [-0.05, 0) is 13.8 Å². The Kier molecular flexibility index (Phi) is 6.18. The van der Waals surface area contributed by atoms with Gasteiger partial charge in [0, 0.05) is 37.1 Å². The van der Waals surface area contributed by atoms with Gasteiger partial charge in [0.2, 0.25) is 5.91 Å². The maximum absolute atomic E-state index is 11.4. The Morgan fingerprint density at radius 2 is 2.12 bits per heavy atom. The van der Waals surface area contributed by atoms with E-state index < -0.39 is 0 Å². The summed E-state index contributed by atoms with van der Waals surface area (Å²) < 4.78 is 0. The van der Waals surface area contributed by atoms with Crippen molar-refractivity contribution in [3.05, 3.63) is 0 Å². The lowest BCUT2D eigenvalue weighted by Gasteiger charge is -2.27. The summed E-state index contributed by atoms with van der Waals surface area (Å²) in [5, 5.41) is 2.83. The molecule has 98 valence electrons. The maximum Gasteiger partial charge on any atom is 0.222 e. The van der Waals surface area contributed by atoms with E-state index in [9.17, 15) is 4.79 Å². The predicted molar refractivity (Wildman–Crippen MR) is 73.3 cm³/mol. The molecule has 0 bridgehead atoms. The molecule has 1 amide bonds. The minimum Gasteiger partial charge on any atom is -0.370 e. The second-order valence-corrected chi connectivity index (χ2v) is 5.54. The van der Waals surface area contributed by atoms with E-state index in [2.05, 4.69) is 15.2 Å². The third kappa shape index (κ3) is 5.81. The van der Waals surface area contributed by atoms with E-state index in [-0.39, 0.29) is 11.9 Å². The van der Waals surface area contributed by atoms with Gasteiger partial charge in [-0.25, -0.2) is 0 Å². The number of rotatable bonds is 4. The van der Waals surface area contributed by atoms with Gasteiger partial charge in [-0.2, -0.15) is 11.8 Å². The molecule has 0 unspecified atom stereocenters. The van der Waals surface area contributed by atoms with Gasteiger partial charge in [0.1, 0.15) is 0 Å². The van der Waals surface area contributed by atoms with E-state index in [4.69, 9.17) is 5.73 Å². The van der Waals surface area contributed by atoms with Crippen LogP contribution >= 0.6 is 11.8 Å². The first-order valence-corrected chi connectivity index (χ1v) is 7.17. The Morgan fingerprint density at radius 1 is 1.47 bits per heavy atom. The summed E-state index contributed by atoms with van der Waals surface area (Å²) in [4.78, 5) is 17.7. The number of aliphatic imine (C=N–C) groups is 1. The van der Waals surface area contributed by atoms with Crippen LogP contribution in [0.5, 0.6) is 0 Å². The number of carbonyl (C=O) groups excluding carboxylic acids is 1. The van der Waals surface area contributed by atoms with Crippen LogP contribution in [0.25, 0.3) is 0 Å². The lowest BCUT2D eigenvalue weighted by molar-refractivity contribution is -0.121. The molecule has 1 aliphatic heterocycles. The van der Waals surface area contributed by atoms with Crippen molar-refractivity contribution in [3.8, 4) is 0 Å². The van der Waals surface area contributed by atoms with Gasteiger partial charge in [0.05, 0.1) is 6.54 Å². The van der Waals surface area contributed by atoms with E-state index in [0.717, 1.165) is 24.6 Å². The fourth-order valence-corrected chi connectivity index (χ4v) is 2.46. The van der Waals surface area contributed by atoms with Crippen LogP contribution in [-0.4, -0.2) is 53.9 Å². The van der Waals surface area contributed by atoms with Crippen LogP contribution in [-0.2, 0) is 4.79 Å². The molecular weight excluding hydrogens is 236 g/mol. The third-order valence-electron chi connectivity index (χ3n) is 2.40. The number of hydrogen-bond donors (Lipinski definition) is 2. The smallest absolute Gasteiger partial charge is 0.222 e. The molecule has 1 aliphatic rings. The lowest BCUT2D eigenvalue weighted by atomic mass is 10.3. The molecule has 0 radical (unpaired) electrons. The molecule has 0 saturated carbocycles. The summed E-state index contributed by atoms with van der Waals surface area (Å²) >= 11 is 1.94. The summed E-state index contributed by atoms with van der Waals surface area (Å²) in [7, 11) is 0. The molecule has 3 N–H and O–H groups in total. The number of guanidine groups is 1. The van der Waals surface area contributed by atoms with Crippen LogP contribution in [0.4, 0.5) is 0 Å². The maximum atomic E-state index is 11.4. The van der Waals surface area contributed by atoms with Crippen molar-refractivity contribution in [1.29, 1.82) is 0 Å². The molecule has 0 aromatic rings. The Hall–Kier alpha value is -0.910. The van der Waals surface area contributed by atoms with Crippen LogP contribution in [0.15, 0.2) is 4.99 Å². The number of amides is 1. The number of nitrogens with one attached hydrogen (secondary N) is 1. The monoisotopic (exact) mass is 258 g/mol. The Balaban J connectivity index is 2.25. The van der Waals surface area contributed by atoms with Gasteiger partial charge >= 0.3 is 0 Å². The minimum atomic E-state index is 0.0331. The van der Waals surface area contributed by atoms with Crippen molar-refractivity contribution in [1.82, 2.24) is 10.2 Å². The number of nitrogens with two attached hydrogens (primary N) is 1. The van der Waals surface area contributed by atoms with Crippen molar-refractivity contribution >= 4 is 23.6 Å². The molecular formula is C11H22N4OS. The van der Waals surface area contributed by atoms with E-state index in [1.807, 2.05) is 25.6 Å². The van der Waals surface area contributed by atoms with E-state index in [1.54, 1.807) is 0 Å². The summed E-state index contributed by atoms with van der Waals surface area (Å²) in [5.74, 6) is 2.81. The van der Waals surface area contributed by atoms with Crippen molar-refractivity contribution < 1.29 is 4.79 Å². The number of thioether (sulfide) groups is 1. The first-order chi connectivity index (χ1) is 8.09. The Labute approximate surface area is 107 Å². The molecule has 1 fully saturated rings. The van der Waals surface area contributed by atoms with E-state index in [1.165, 1.54) is 0 Å². The summed E-state index contributed by atoms with van der Waals surface area (Å²) in [6.07, 6.45) is 0.404. The zero-order valence-corrected chi connectivity index (χ0v) is 11.4. The second kappa shape index (κ2) is 7.42. The first kappa shape index (κ1) is 14.2. The zero-order valence-electron chi connectivity index (χ0n) is 10.6. The topological polar surface area (TPSA) is 70.7 Å². The van der Waals surface area contributed by atoms with Gasteiger partial charge in [-0.1, -0.05) is 0 Å². The molecule has 1 heterocycles. The predicted octanol–water partition coefficient (Wildman–Crippen LogP) is 0.265. The molecule has 5 nitrogen and oxygen atoms in total. The summed E-state index contributed by atoms with van der Waals surface area (Å²) in [6.45, 7) is 6.27. The van der Waals surface area contributed by atoms with E-state index >= 15 is 0 Å². The van der Waals surface area contributed by atoms with Gasteiger partial charge in [0.25, 0.3) is 0 Å². The van der Waals surface area contributed by atoms with Crippen LogP contribution < -0.4 is 11.1 Å². The van der Waals surface area contributed by atoms with Crippen molar-refractivity contribution in [3.63, 3.8) is 0 Å². The van der Waals surface area contributed by atoms with Gasteiger partial charge in [-0.3, -0.25) is 9.79 Å². The summed E-state index contributed by atoms with van der Waals surface area (Å²) in [5.41, 5.74) is 5.87. The van der Waals surface area contributed by atoms with Gasteiger partial charge in [0.15, 0.2) is 5.96 Å². The normalized spacial score (nSPS) is 17.4. The highest BCUT2D eigenvalue weighted by molar-refractivity contribution is 7.99. The van der Waals surface area contributed by atoms with Crippen molar-refractivity contribution in [2.75, 3.05) is 31.1 Å². The van der Waals surface area contributed by atoms with E-state index in [0.29, 0.717) is 18.9 Å². The summed E-state index contributed by atoms with van der Waals surface area (Å²) in [6, 6.07) is 0.183. The zero-order chi connectivity index (χ0) is 12.7. The lowest BCUT2D eigenvalue weighted by Crippen LogP contribution is -2.42. The molecule has 0 aliphatic carbocycles. The van der Waals surface area contributed by atoms with Crippen LogP contribution in [0, 0.1) is 0 Å². The van der Waals surface area contributed by atoms with Crippen LogP contribution in [0.3, 0.4) is 0 Å². The van der Waals surface area contributed by atoms with Gasteiger partial charge in [-0.15, -0.1) is 0 Å². The third-order valence-corrected chi connectivity index (χ3v) is 3.34. The average Bonchev–Trinajstić information content (AvgIpc) is 2.29. The average molecular weight is 258 g/mol. The fourth-order valence-electron chi connectivity index (χ4n) is 1.56. The van der Waals surface area contributed by atoms with Crippen LogP contribution in [0.1, 0.15) is 20.3 Å². The Morgan fingerprint density at radius 3 is 2.71 bits per heavy atom. The molecule has 6 heteroatoms. The molecule has 17 heavy (non-hydrogen) atoms. The first-order valence-electron chi connectivity index (χ1n) is 6.01. The van der Waals surface area contributed by atoms with Crippen molar-refractivity contribution in [2.45, 2.75) is 26.3 Å². The molecule has 1 saturated heterocycles. The molecule has 0 aromatic heterocycles. The highest BCUT2D eigenvalue weighted by Crippen LogP contribution is 2.08. The highest BCUT2D eigenvalue weighted by atomic mass is 32.2. The number of nitrogens with zero attached hydrogens (tertiary/aromatic N) is 2. The fraction of sp³-hybridized carbons (Fsp3) is 0.818. The Bertz CT molecular complexity index is 275. The quantitative estimate of drug-likeness (QED) is 0.561. The van der Waals surface area contributed by atoms with Crippen LogP contribution in [0.2, 0.25) is 0 Å². The number of carbonyl (C=O) groups is 1. The molecule has 0 aromatic carbocycles. The van der Waals surface area contributed by atoms with Gasteiger partial charge < -0.3 is 16.0 Å². The second-order valence-electron chi connectivity index (χ2n) is 4.31. The number of hydrogen-bond acceptors (Lipinski definition) is 3. The molecule has 1 rings (SSSR count). The molecule has 0 atom stereocenters. The highest BCUT2D eigenvalue weighted by Gasteiger charge is 2.12. The van der Waals surface area contributed by atoms with Crippen molar-refractivity contribution in [2.24, 2.45) is 10.7 Å². The molecule has 0 spiro atoms.